The summed E-state index contributed by atoms with van der Waals surface area (Å²) in [6.07, 6.45) is 5.20. The summed E-state index contributed by atoms with van der Waals surface area (Å²) < 4.78 is 20.8. The van der Waals surface area contributed by atoms with E-state index in [2.05, 4.69) is 34.9 Å². The summed E-state index contributed by atoms with van der Waals surface area (Å²) in [6, 6.07) is 1.81. The molecule has 0 saturated heterocycles. The van der Waals surface area contributed by atoms with E-state index >= 15 is 4.39 Å². The minimum atomic E-state index is -0.625. The third kappa shape index (κ3) is 2.89. The van der Waals surface area contributed by atoms with Crippen LogP contribution >= 0.6 is 11.8 Å². The normalized spacial score (nSPS) is 11.9. The van der Waals surface area contributed by atoms with Crippen LogP contribution in [0.25, 0.3) is 56.4 Å². The summed E-state index contributed by atoms with van der Waals surface area (Å²) in [5.74, 6) is 0.380. The number of nitrogen functional groups attached to an aromatic ring is 2. The number of halogens is 1. The lowest BCUT2D eigenvalue weighted by molar-refractivity contribution is 0.636. The van der Waals surface area contributed by atoms with Crippen LogP contribution in [0.4, 0.5) is 16.0 Å². The third-order valence-electron chi connectivity index (χ3n) is 5.98. The Balaban J connectivity index is 1.60. The number of anilines is 2. The van der Waals surface area contributed by atoms with E-state index in [4.69, 9.17) is 11.5 Å². The van der Waals surface area contributed by atoms with Gasteiger partial charge in [0.05, 0.1) is 10.8 Å². The van der Waals surface area contributed by atoms with Gasteiger partial charge in [0.2, 0.25) is 0 Å². The Bertz CT molecular complexity index is 1810. The van der Waals surface area contributed by atoms with Gasteiger partial charge in [-0.05, 0) is 12.3 Å². The molecule has 12 nitrogen and oxygen atoms in total. The summed E-state index contributed by atoms with van der Waals surface area (Å²) in [5.41, 5.74) is 14.6. The largest absolute Gasteiger partial charge is 0.383 e. The molecule has 35 heavy (non-hydrogen) atoms. The lowest BCUT2D eigenvalue weighted by Crippen LogP contribution is -2.04. The number of nitrogens with zero attached hydrogens (tertiary/aromatic N) is 10. The fourth-order valence-electron chi connectivity index (χ4n) is 4.23. The summed E-state index contributed by atoms with van der Waals surface area (Å²) in [4.78, 5) is 31.1. The molecular formula is C21H19FN12S. The molecular weight excluding hydrogens is 471 g/mol. The number of nitrogens with two attached hydrogens (primary N) is 2. The maximum atomic E-state index is 15.7. The van der Waals surface area contributed by atoms with E-state index in [1.165, 1.54) is 18.1 Å². The van der Waals surface area contributed by atoms with Crippen molar-refractivity contribution >= 4 is 56.6 Å². The number of hydrogen-bond donors (Lipinski definition) is 2. The van der Waals surface area contributed by atoms with Crippen molar-refractivity contribution in [1.82, 2.24) is 48.6 Å². The predicted molar refractivity (Wildman–Crippen MR) is 132 cm³/mol. The number of imidazole rings is 1. The summed E-state index contributed by atoms with van der Waals surface area (Å²) in [6.45, 7) is 0. The van der Waals surface area contributed by atoms with Gasteiger partial charge in [0, 0.05) is 27.3 Å². The van der Waals surface area contributed by atoms with E-state index in [0.29, 0.717) is 28.0 Å². The van der Waals surface area contributed by atoms with Crippen molar-refractivity contribution in [1.29, 1.82) is 0 Å². The molecule has 0 fully saturated rings. The van der Waals surface area contributed by atoms with E-state index in [0.717, 1.165) is 5.03 Å². The van der Waals surface area contributed by atoms with Crippen LogP contribution in [0.3, 0.4) is 0 Å². The minimum Gasteiger partial charge on any atom is -0.383 e. The zero-order valence-corrected chi connectivity index (χ0v) is 20.0. The van der Waals surface area contributed by atoms with Crippen LogP contribution in [0.2, 0.25) is 0 Å². The standard InChI is InChI=1S/C21H19FN12S/c1-32-6-5-8-13(23)28-15(30-17(8)32)12-10(22)9-14(24)29-16(31-18(9)33(12)2)20-27-11-19(34(20)3)25-7-26-21(11)35-4/h5-7H,1-4H3,(H2,23,28,30)(H2,24,29,31). The molecule has 0 amide bonds. The molecule has 0 atom stereocenters. The first-order valence-corrected chi connectivity index (χ1v) is 11.6. The smallest absolute Gasteiger partial charge is 0.199 e. The zero-order valence-electron chi connectivity index (χ0n) is 19.1. The van der Waals surface area contributed by atoms with Crippen LogP contribution in [0, 0.1) is 5.82 Å². The average molecular weight is 491 g/mol. The predicted octanol–water partition coefficient (Wildman–Crippen LogP) is 2.29. The Morgan fingerprint density at radius 2 is 1.60 bits per heavy atom. The van der Waals surface area contributed by atoms with Crippen molar-refractivity contribution in [2.45, 2.75) is 5.03 Å². The van der Waals surface area contributed by atoms with Crippen molar-refractivity contribution in [3.05, 3.63) is 24.4 Å². The van der Waals surface area contributed by atoms with Gasteiger partial charge in [-0.15, -0.1) is 11.8 Å². The van der Waals surface area contributed by atoms with Crippen LogP contribution in [-0.4, -0.2) is 54.8 Å². The second-order valence-corrected chi connectivity index (χ2v) is 8.79. The molecule has 0 aliphatic carbocycles. The van der Waals surface area contributed by atoms with Crippen LogP contribution in [0.5, 0.6) is 0 Å². The zero-order chi connectivity index (χ0) is 24.6. The monoisotopic (exact) mass is 490 g/mol. The van der Waals surface area contributed by atoms with Gasteiger partial charge >= 0.3 is 0 Å². The Morgan fingerprint density at radius 1 is 0.857 bits per heavy atom. The molecule has 0 saturated carbocycles. The molecule has 0 aromatic carbocycles. The van der Waals surface area contributed by atoms with Gasteiger partial charge in [0.1, 0.15) is 45.5 Å². The Labute approximate surface area is 201 Å². The summed E-state index contributed by atoms with van der Waals surface area (Å²) in [5, 5.41) is 1.49. The van der Waals surface area contributed by atoms with Crippen molar-refractivity contribution < 1.29 is 4.39 Å². The lowest BCUT2D eigenvalue weighted by Gasteiger charge is -2.06. The number of hydrogen-bond acceptors (Lipinski definition) is 10. The number of aromatic nitrogens is 10. The van der Waals surface area contributed by atoms with E-state index in [-0.39, 0.29) is 40.0 Å². The van der Waals surface area contributed by atoms with Crippen molar-refractivity contribution in [3.63, 3.8) is 0 Å². The van der Waals surface area contributed by atoms with Crippen molar-refractivity contribution in [3.8, 4) is 23.2 Å². The van der Waals surface area contributed by atoms with E-state index in [1.807, 2.05) is 25.6 Å². The van der Waals surface area contributed by atoms with Gasteiger partial charge < -0.3 is 25.2 Å². The van der Waals surface area contributed by atoms with E-state index < -0.39 is 5.82 Å². The minimum absolute atomic E-state index is 0.0273. The number of aryl methyl sites for hydroxylation is 3. The number of rotatable bonds is 3. The van der Waals surface area contributed by atoms with Gasteiger partial charge in [-0.25, -0.2) is 39.3 Å². The quantitative estimate of drug-likeness (QED) is 0.278. The Kier molecular flexibility index (Phi) is 4.45. The molecule has 0 aliphatic rings. The van der Waals surface area contributed by atoms with Crippen LogP contribution in [0.1, 0.15) is 0 Å². The summed E-state index contributed by atoms with van der Waals surface area (Å²) in [7, 11) is 5.29. The second kappa shape index (κ2) is 7.33. The highest BCUT2D eigenvalue weighted by Crippen LogP contribution is 2.35. The lowest BCUT2D eigenvalue weighted by atomic mass is 10.3. The SMILES string of the molecule is CSc1ncnc2c1nc(-c1nc(N)c3c(F)c(-c4nc(N)c5ccn(C)c5n4)n(C)c3n1)n2C. The Morgan fingerprint density at radius 3 is 2.37 bits per heavy atom. The average Bonchev–Trinajstić information content (AvgIpc) is 3.46. The molecule has 6 aromatic rings. The first kappa shape index (κ1) is 21.2. The number of thioether (sulfide) groups is 1. The highest BCUT2D eigenvalue weighted by molar-refractivity contribution is 7.98. The molecule has 0 unspecified atom stereocenters. The first-order valence-electron chi connectivity index (χ1n) is 10.4. The van der Waals surface area contributed by atoms with Gasteiger partial charge in [-0.1, -0.05) is 0 Å². The van der Waals surface area contributed by atoms with E-state index in [1.54, 1.807) is 27.8 Å². The highest BCUT2D eigenvalue weighted by Gasteiger charge is 2.26. The van der Waals surface area contributed by atoms with Gasteiger partial charge in [0.15, 0.2) is 28.9 Å². The third-order valence-corrected chi connectivity index (χ3v) is 6.67. The molecule has 0 bridgehead atoms. The fourth-order valence-corrected chi connectivity index (χ4v) is 4.72. The fraction of sp³-hybridized carbons (Fsp3) is 0.190. The Hall–Kier alpha value is -4.33. The molecule has 6 aromatic heterocycles. The van der Waals surface area contributed by atoms with Gasteiger partial charge in [-0.3, -0.25) is 0 Å². The highest BCUT2D eigenvalue weighted by atomic mass is 32.2. The van der Waals surface area contributed by atoms with Crippen LogP contribution in [-0.2, 0) is 21.1 Å². The van der Waals surface area contributed by atoms with Gasteiger partial charge in [0.25, 0.3) is 0 Å². The molecule has 6 rings (SSSR count). The van der Waals surface area contributed by atoms with Crippen molar-refractivity contribution in [2.24, 2.45) is 21.1 Å². The molecule has 0 radical (unpaired) electrons. The molecule has 4 N–H and O–H groups in total. The maximum absolute atomic E-state index is 15.7. The van der Waals surface area contributed by atoms with Crippen molar-refractivity contribution in [2.75, 3.05) is 17.7 Å². The van der Waals surface area contributed by atoms with Crippen LogP contribution < -0.4 is 11.5 Å². The molecule has 0 aliphatic heterocycles. The molecule has 14 heteroatoms. The molecule has 6 heterocycles. The van der Waals surface area contributed by atoms with Crippen LogP contribution in [0.15, 0.2) is 23.6 Å². The number of fused-ring (bicyclic) bond motifs is 3. The first-order chi connectivity index (χ1) is 16.8. The molecule has 0 spiro atoms. The van der Waals surface area contributed by atoms with Gasteiger partial charge in [-0.2, -0.15) is 0 Å². The summed E-state index contributed by atoms with van der Waals surface area (Å²) >= 11 is 1.46. The second-order valence-electron chi connectivity index (χ2n) is 8.00. The maximum Gasteiger partial charge on any atom is 0.199 e. The van der Waals surface area contributed by atoms with E-state index in [9.17, 15) is 0 Å². The topological polar surface area (TPSA) is 157 Å². The molecule has 176 valence electrons.